The Morgan fingerprint density at radius 3 is 2.87 bits per heavy atom. The molecule has 124 valence electrons. The summed E-state index contributed by atoms with van der Waals surface area (Å²) in [6.07, 6.45) is 2.11. The molecular formula is C16H19BrN2O4. The first kappa shape index (κ1) is 19.0. The summed E-state index contributed by atoms with van der Waals surface area (Å²) in [5.41, 5.74) is 0.536. The normalized spacial score (nSPS) is 11.0. The minimum atomic E-state index is -0.452. The average Bonchev–Trinajstić information content (AvgIpc) is 2.55. The zero-order valence-electron chi connectivity index (χ0n) is 13.1. The zero-order chi connectivity index (χ0) is 17.2. The molecule has 0 aliphatic rings. The molecular weight excluding hydrogens is 364 g/mol. The van der Waals surface area contributed by atoms with Crippen LogP contribution in [-0.2, 0) is 9.53 Å². The van der Waals surface area contributed by atoms with Gasteiger partial charge in [0, 0.05) is 19.8 Å². The van der Waals surface area contributed by atoms with E-state index in [0.29, 0.717) is 36.2 Å². The quantitative estimate of drug-likeness (QED) is 0.409. The Hall–Kier alpha value is -2.04. The van der Waals surface area contributed by atoms with Crippen molar-refractivity contribution in [2.24, 2.45) is 0 Å². The number of phenolic OH excluding ortho intramolecular Hbond substituents is 1. The summed E-state index contributed by atoms with van der Waals surface area (Å²) in [4.78, 5) is 12.0. The molecule has 0 aromatic heterocycles. The Labute approximate surface area is 143 Å². The number of nitrogens with one attached hydrogen (secondary N) is 1. The number of carbonyl (C=O) groups excluding carboxylic acids is 1. The Morgan fingerprint density at radius 1 is 1.52 bits per heavy atom. The first-order chi connectivity index (χ1) is 11.0. The first-order valence-electron chi connectivity index (χ1n) is 7.07. The van der Waals surface area contributed by atoms with E-state index in [4.69, 9.17) is 14.7 Å². The maximum Gasteiger partial charge on any atom is 0.261 e. The van der Waals surface area contributed by atoms with Gasteiger partial charge in [0.2, 0.25) is 0 Å². The second kappa shape index (κ2) is 9.87. The first-order valence-corrected chi connectivity index (χ1v) is 7.87. The summed E-state index contributed by atoms with van der Waals surface area (Å²) < 4.78 is 10.6. The highest BCUT2D eigenvalue weighted by molar-refractivity contribution is 9.10. The Kier molecular flexibility index (Phi) is 8.16. The number of benzene rings is 1. The van der Waals surface area contributed by atoms with E-state index in [0.717, 1.165) is 0 Å². The van der Waals surface area contributed by atoms with Gasteiger partial charge in [-0.25, -0.2) is 0 Å². The lowest BCUT2D eigenvalue weighted by Gasteiger charge is -2.07. The lowest BCUT2D eigenvalue weighted by Crippen LogP contribution is -2.26. The maximum absolute atomic E-state index is 12.0. The molecule has 2 N–H and O–H groups in total. The number of rotatable bonds is 8. The summed E-state index contributed by atoms with van der Waals surface area (Å²) >= 11 is 3.20. The molecule has 0 saturated heterocycles. The lowest BCUT2D eigenvalue weighted by atomic mass is 10.1. The maximum atomic E-state index is 12.0. The fraction of sp³-hybridized carbons (Fsp3) is 0.375. The number of aromatic hydroxyl groups is 1. The lowest BCUT2D eigenvalue weighted by molar-refractivity contribution is -0.117. The molecule has 0 unspecified atom stereocenters. The van der Waals surface area contributed by atoms with Crippen LogP contribution in [0, 0.1) is 11.3 Å². The van der Waals surface area contributed by atoms with Crippen molar-refractivity contribution in [3.8, 4) is 17.6 Å². The molecule has 0 fully saturated rings. The molecule has 23 heavy (non-hydrogen) atoms. The van der Waals surface area contributed by atoms with Crippen LogP contribution in [0.25, 0.3) is 6.08 Å². The molecule has 0 saturated carbocycles. The van der Waals surface area contributed by atoms with E-state index in [9.17, 15) is 9.90 Å². The van der Waals surface area contributed by atoms with Crippen LogP contribution in [-0.4, -0.2) is 37.9 Å². The van der Waals surface area contributed by atoms with E-state index in [-0.39, 0.29) is 17.1 Å². The molecule has 0 aliphatic heterocycles. The Bertz CT molecular complexity index is 623. The van der Waals surface area contributed by atoms with Crippen LogP contribution in [0.2, 0.25) is 0 Å². The number of amides is 1. The van der Waals surface area contributed by atoms with E-state index in [2.05, 4.69) is 21.2 Å². The van der Waals surface area contributed by atoms with Crippen LogP contribution in [0.4, 0.5) is 0 Å². The van der Waals surface area contributed by atoms with Gasteiger partial charge in [-0.1, -0.05) is 0 Å². The molecule has 0 spiro atoms. The van der Waals surface area contributed by atoms with Crippen LogP contribution >= 0.6 is 15.9 Å². The van der Waals surface area contributed by atoms with Crippen molar-refractivity contribution in [3.05, 3.63) is 27.7 Å². The molecule has 1 aromatic carbocycles. The minimum absolute atomic E-state index is 0.0268. The second-order valence-electron chi connectivity index (χ2n) is 4.53. The number of carbonyl (C=O) groups is 1. The fourth-order valence-electron chi connectivity index (χ4n) is 1.76. The topological polar surface area (TPSA) is 91.6 Å². The van der Waals surface area contributed by atoms with Crippen molar-refractivity contribution >= 4 is 27.9 Å². The van der Waals surface area contributed by atoms with Gasteiger partial charge in [-0.05, 0) is 53.0 Å². The third-order valence-corrected chi connectivity index (χ3v) is 3.51. The number of nitrogens with zero attached hydrogens (tertiary/aromatic N) is 1. The zero-order valence-corrected chi connectivity index (χ0v) is 14.6. The third-order valence-electron chi connectivity index (χ3n) is 2.90. The van der Waals surface area contributed by atoms with Crippen molar-refractivity contribution < 1.29 is 19.4 Å². The largest absolute Gasteiger partial charge is 0.503 e. The van der Waals surface area contributed by atoms with Gasteiger partial charge in [0.25, 0.3) is 5.91 Å². The number of methoxy groups -OCH3 is 1. The van der Waals surface area contributed by atoms with Crippen LogP contribution in [0.3, 0.4) is 0 Å². The van der Waals surface area contributed by atoms with Crippen LogP contribution < -0.4 is 10.1 Å². The van der Waals surface area contributed by atoms with Gasteiger partial charge in [0.1, 0.15) is 11.6 Å². The highest BCUT2D eigenvalue weighted by Crippen LogP contribution is 2.35. The summed E-state index contributed by atoms with van der Waals surface area (Å²) in [7, 11) is 1.42. The smallest absolute Gasteiger partial charge is 0.261 e. The van der Waals surface area contributed by atoms with Gasteiger partial charge in [0.15, 0.2) is 11.5 Å². The van der Waals surface area contributed by atoms with Gasteiger partial charge in [0.05, 0.1) is 11.6 Å². The van der Waals surface area contributed by atoms with Gasteiger partial charge in [-0.3, -0.25) is 4.79 Å². The molecule has 1 amide bonds. The van der Waals surface area contributed by atoms with Gasteiger partial charge < -0.3 is 19.9 Å². The minimum Gasteiger partial charge on any atom is -0.503 e. The highest BCUT2D eigenvalue weighted by atomic mass is 79.9. The van der Waals surface area contributed by atoms with Crippen molar-refractivity contribution in [2.75, 3.05) is 26.9 Å². The van der Waals surface area contributed by atoms with E-state index in [1.807, 2.05) is 13.0 Å². The summed E-state index contributed by atoms with van der Waals surface area (Å²) in [5.74, 6) is -0.240. The molecule has 0 heterocycles. The van der Waals surface area contributed by atoms with Gasteiger partial charge in [-0.15, -0.1) is 0 Å². The molecule has 1 aromatic rings. The molecule has 0 atom stereocenters. The van der Waals surface area contributed by atoms with Crippen molar-refractivity contribution in [1.82, 2.24) is 5.32 Å². The van der Waals surface area contributed by atoms with Crippen LogP contribution in [0.5, 0.6) is 11.5 Å². The van der Waals surface area contributed by atoms with Gasteiger partial charge >= 0.3 is 0 Å². The molecule has 0 radical (unpaired) electrons. The number of hydrogen-bond acceptors (Lipinski definition) is 5. The predicted molar refractivity (Wildman–Crippen MR) is 90.1 cm³/mol. The molecule has 0 aliphatic carbocycles. The van der Waals surface area contributed by atoms with E-state index in [1.165, 1.54) is 13.2 Å². The third kappa shape index (κ3) is 5.93. The van der Waals surface area contributed by atoms with E-state index < -0.39 is 5.91 Å². The molecule has 7 heteroatoms. The molecule has 1 rings (SSSR count). The number of ether oxygens (including phenoxy) is 2. The molecule has 0 bridgehead atoms. The van der Waals surface area contributed by atoms with E-state index >= 15 is 0 Å². The number of hydrogen-bond donors (Lipinski definition) is 2. The summed E-state index contributed by atoms with van der Waals surface area (Å²) in [6.45, 7) is 3.53. The van der Waals surface area contributed by atoms with Crippen LogP contribution in [0.15, 0.2) is 22.2 Å². The summed E-state index contributed by atoms with van der Waals surface area (Å²) in [5, 5.41) is 21.6. The Balaban J connectivity index is 2.81. The predicted octanol–water partition coefficient (Wildman–Crippen LogP) is 2.61. The number of phenols is 1. The van der Waals surface area contributed by atoms with E-state index in [1.54, 1.807) is 12.1 Å². The highest BCUT2D eigenvalue weighted by Gasteiger charge is 2.11. The SMILES string of the molecule is CCOCCCNC(=O)/C(C#N)=C/c1cc(Br)c(O)c(OC)c1. The average molecular weight is 383 g/mol. The number of halogens is 1. The molecule has 6 nitrogen and oxygen atoms in total. The fourth-order valence-corrected chi connectivity index (χ4v) is 2.22. The van der Waals surface area contributed by atoms with Crippen molar-refractivity contribution in [2.45, 2.75) is 13.3 Å². The standard InChI is InChI=1S/C16H19BrN2O4/c1-3-23-6-4-5-19-16(21)12(10-18)7-11-8-13(17)15(20)14(9-11)22-2/h7-9,20H,3-6H2,1-2H3,(H,19,21)/b12-7+. The van der Waals surface area contributed by atoms with Crippen LogP contribution in [0.1, 0.15) is 18.9 Å². The number of nitriles is 1. The Morgan fingerprint density at radius 2 is 2.26 bits per heavy atom. The monoisotopic (exact) mass is 382 g/mol. The second-order valence-corrected chi connectivity index (χ2v) is 5.38. The van der Waals surface area contributed by atoms with Crippen molar-refractivity contribution in [1.29, 1.82) is 5.26 Å². The van der Waals surface area contributed by atoms with Gasteiger partial charge in [-0.2, -0.15) is 5.26 Å². The summed E-state index contributed by atoms with van der Waals surface area (Å²) in [6, 6.07) is 5.01. The van der Waals surface area contributed by atoms with Crippen molar-refractivity contribution in [3.63, 3.8) is 0 Å².